The lowest BCUT2D eigenvalue weighted by molar-refractivity contribution is -0.116. The van der Waals surface area contributed by atoms with Gasteiger partial charge in [-0.15, -0.1) is 0 Å². The summed E-state index contributed by atoms with van der Waals surface area (Å²) in [5.41, 5.74) is 0.125. The van der Waals surface area contributed by atoms with Crippen LogP contribution in [0.4, 0.5) is 5.82 Å². The maximum atomic E-state index is 11.7. The van der Waals surface area contributed by atoms with Crippen LogP contribution in [0.25, 0.3) is 0 Å². The number of carboxylic acids is 1. The van der Waals surface area contributed by atoms with Crippen LogP contribution >= 0.6 is 0 Å². The first kappa shape index (κ1) is 13.5. The molecule has 1 aliphatic carbocycles. The van der Waals surface area contributed by atoms with E-state index in [0.717, 1.165) is 18.8 Å². The lowest BCUT2D eigenvalue weighted by atomic mass is 9.82. The highest BCUT2D eigenvalue weighted by Gasteiger charge is 2.17. The highest BCUT2D eigenvalue weighted by molar-refractivity contribution is 5.92. The molecule has 0 atom stereocenters. The fourth-order valence-corrected chi connectivity index (χ4v) is 2.17. The van der Waals surface area contributed by atoms with Gasteiger partial charge in [-0.2, -0.15) is 0 Å². The van der Waals surface area contributed by atoms with E-state index < -0.39 is 5.97 Å². The molecule has 1 saturated carbocycles. The van der Waals surface area contributed by atoms with E-state index >= 15 is 0 Å². The Morgan fingerprint density at radius 3 is 2.84 bits per heavy atom. The first-order valence-electron chi connectivity index (χ1n) is 6.64. The number of rotatable bonds is 6. The Morgan fingerprint density at radius 2 is 2.21 bits per heavy atom. The van der Waals surface area contributed by atoms with Crippen LogP contribution in [0.15, 0.2) is 18.3 Å². The van der Waals surface area contributed by atoms with Gasteiger partial charge < -0.3 is 10.4 Å². The summed E-state index contributed by atoms with van der Waals surface area (Å²) in [6, 6.07) is 2.76. The first-order valence-corrected chi connectivity index (χ1v) is 6.64. The molecule has 0 radical (unpaired) electrons. The van der Waals surface area contributed by atoms with Gasteiger partial charge in [0.25, 0.3) is 0 Å². The molecule has 0 saturated heterocycles. The molecule has 1 aliphatic rings. The minimum atomic E-state index is -1.03. The third-order valence-corrected chi connectivity index (χ3v) is 3.52. The minimum Gasteiger partial charge on any atom is -0.478 e. The molecule has 1 fully saturated rings. The Kier molecular flexibility index (Phi) is 4.49. The highest BCUT2D eigenvalue weighted by atomic mass is 16.4. The number of aromatic carboxylic acids is 1. The number of nitrogens with one attached hydrogen (secondary N) is 1. The average molecular weight is 262 g/mol. The third-order valence-electron chi connectivity index (χ3n) is 3.52. The summed E-state index contributed by atoms with van der Waals surface area (Å²) in [5, 5.41) is 11.5. The van der Waals surface area contributed by atoms with Gasteiger partial charge in [-0.25, -0.2) is 9.78 Å². The van der Waals surface area contributed by atoms with Crippen LogP contribution in [0, 0.1) is 5.92 Å². The molecule has 19 heavy (non-hydrogen) atoms. The largest absolute Gasteiger partial charge is 0.478 e. The van der Waals surface area contributed by atoms with Gasteiger partial charge >= 0.3 is 5.97 Å². The summed E-state index contributed by atoms with van der Waals surface area (Å²) < 4.78 is 0. The van der Waals surface area contributed by atoms with E-state index in [-0.39, 0.29) is 11.5 Å². The Bertz CT molecular complexity index is 470. The third kappa shape index (κ3) is 4.05. The Labute approximate surface area is 112 Å². The number of carboxylic acid groups (broad SMARTS) is 1. The topological polar surface area (TPSA) is 79.3 Å². The molecule has 1 heterocycles. The second kappa shape index (κ2) is 6.31. The molecule has 2 N–H and O–H groups in total. The molecule has 5 heteroatoms. The van der Waals surface area contributed by atoms with Crippen molar-refractivity contribution in [2.24, 2.45) is 5.92 Å². The van der Waals surface area contributed by atoms with Gasteiger partial charge in [0.15, 0.2) is 0 Å². The summed E-state index contributed by atoms with van der Waals surface area (Å²) in [6.07, 6.45) is 7.75. The van der Waals surface area contributed by atoms with Crippen LogP contribution in [0.1, 0.15) is 48.9 Å². The lowest BCUT2D eigenvalue weighted by Gasteiger charge is -2.24. The fraction of sp³-hybridized carbons (Fsp3) is 0.500. The molecule has 0 aliphatic heterocycles. The summed E-state index contributed by atoms with van der Waals surface area (Å²) in [7, 11) is 0. The summed E-state index contributed by atoms with van der Waals surface area (Å²) in [5.74, 6) is -0.0212. The summed E-state index contributed by atoms with van der Waals surface area (Å²) in [6.45, 7) is 0. The van der Waals surface area contributed by atoms with Crippen molar-refractivity contribution in [3.8, 4) is 0 Å². The number of carbonyl (C=O) groups excluding carboxylic acids is 1. The van der Waals surface area contributed by atoms with Gasteiger partial charge in [0.05, 0.1) is 5.56 Å². The van der Waals surface area contributed by atoms with Crippen LogP contribution in [0.2, 0.25) is 0 Å². The zero-order valence-corrected chi connectivity index (χ0v) is 10.8. The van der Waals surface area contributed by atoms with Crippen LogP contribution in [0.3, 0.4) is 0 Å². The van der Waals surface area contributed by atoms with E-state index in [9.17, 15) is 9.59 Å². The van der Waals surface area contributed by atoms with Gasteiger partial charge in [-0.05, 0) is 30.9 Å². The second-order valence-corrected chi connectivity index (χ2v) is 4.97. The maximum Gasteiger partial charge on any atom is 0.335 e. The van der Waals surface area contributed by atoms with Crippen molar-refractivity contribution in [2.75, 3.05) is 5.32 Å². The van der Waals surface area contributed by atoms with Crippen molar-refractivity contribution in [1.82, 2.24) is 4.98 Å². The zero-order valence-electron chi connectivity index (χ0n) is 10.8. The maximum absolute atomic E-state index is 11.7. The molecular weight excluding hydrogens is 244 g/mol. The lowest BCUT2D eigenvalue weighted by Crippen LogP contribution is -2.15. The van der Waals surface area contributed by atoms with Crippen LogP contribution in [0.5, 0.6) is 0 Å². The van der Waals surface area contributed by atoms with Crippen LogP contribution in [-0.4, -0.2) is 22.0 Å². The van der Waals surface area contributed by atoms with E-state index in [1.165, 1.54) is 37.6 Å². The zero-order chi connectivity index (χ0) is 13.7. The highest BCUT2D eigenvalue weighted by Crippen LogP contribution is 2.30. The Hall–Kier alpha value is -1.91. The van der Waals surface area contributed by atoms with Crippen LogP contribution in [-0.2, 0) is 4.79 Å². The number of hydrogen-bond donors (Lipinski definition) is 2. The van der Waals surface area contributed by atoms with E-state index in [2.05, 4.69) is 10.3 Å². The Morgan fingerprint density at radius 1 is 1.42 bits per heavy atom. The van der Waals surface area contributed by atoms with E-state index in [1.54, 1.807) is 0 Å². The number of nitrogens with zero attached hydrogens (tertiary/aromatic N) is 1. The number of aromatic nitrogens is 1. The van der Waals surface area contributed by atoms with E-state index in [4.69, 9.17) is 5.11 Å². The molecule has 1 aromatic rings. The molecule has 0 bridgehead atoms. The molecule has 102 valence electrons. The Balaban J connectivity index is 1.77. The van der Waals surface area contributed by atoms with Gasteiger partial charge in [-0.3, -0.25) is 4.79 Å². The fourth-order valence-electron chi connectivity index (χ4n) is 2.17. The summed E-state index contributed by atoms with van der Waals surface area (Å²) in [4.78, 5) is 26.4. The average Bonchev–Trinajstić information content (AvgIpc) is 2.32. The first-order chi connectivity index (χ1) is 9.15. The van der Waals surface area contributed by atoms with Crippen LogP contribution < -0.4 is 5.32 Å². The molecule has 1 aromatic heterocycles. The number of amides is 1. The van der Waals surface area contributed by atoms with Crippen molar-refractivity contribution in [2.45, 2.75) is 38.5 Å². The monoisotopic (exact) mass is 262 g/mol. The molecule has 0 unspecified atom stereocenters. The predicted octanol–water partition coefficient (Wildman–Crippen LogP) is 2.69. The van der Waals surface area contributed by atoms with Crippen molar-refractivity contribution >= 4 is 17.7 Å². The molecule has 5 nitrogen and oxygen atoms in total. The quantitative estimate of drug-likeness (QED) is 0.826. The van der Waals surface area contributed by atoms with Gasteiger partial charge in [0, 0.05) is 12.6 Å². The SMILES string of the molecule is O=C(CCCC1CCC1)Nc1cc(C(=O)O)ccn1. The summed E-state index contributed by atoms with van der Waals surface area (Å²) >= 11 is 0. The van der Waals surface area contributed by atoms with E-state index in [0.29, 0.717) is 12.2 Å². The standard InChI is InChI=1S/C14H18N2O3/c17-13(6-2-5-10-3-1-4-10)16-12-9-11(14(18)19)7-8-15-12/h7-10H,1-6H2,(H,18,19)(H,15,16,17). The smallest absolute Gasteiger partial charge is 0.335 e. The van der Waals surface area contributed by atoms with Crippen molar-refractivity contribution in [3.05, 3.63) is 23.9 Å². The van der Waals surface area contributed by atoms with Gasteiger partial charge in [-0.1, -0.05) is 19.3 Å². The molecule has 1 amide bonds. The van der Waals surface area contributed by atoms with Crippen molar-refractivity contribution < 1.29 is 14.7 Å². The number of pyridine rings is 1. The van der Waals surface area contributed by atoms with E-state index in [1.807, 2.05) is 0 Å². The second-order valence-electron chi connectivity index (χ2n) is 4.97. The van der Waals surface area contributed by atoms with Crippen molar-refractivity contribution in [1.29, 1.82) is 0 Å². The normalized spacial score (nSPS) is 14.7. The molecular formula is C14H18N2O3. The molecule has 0 aromatic carbocycles. The number of anilines is 1. The number of carbonyl (C=O) groups is 2. The molecule has 2 rings (SSSR count). The predicted molar refractivity (Wildman–Crippen MR) is 71.0 cm³/mol. The van der Waals surface area contributed by atoms with Gasteiger partial charge in [0.1, 0.15) is 5.82 Å². The molecule has 0 spiro atoms. The minimum absolute atomic E-state index is 0.102. The van der Waals surface area contributed by atoms with Gasteiger partial charge in [0.2, 0.25) is 5.91 Å². The number of hydrogen-bond acceptors (Lipinski definition) is 3. The van der Waals surface area contributed by atoms with Crippen molar-refractivity contribution in [3.63, 3.8) is 0 Å².